The first-order valence-corrected chi connectivity index (χ1v) is 7.49. The van der Waals surface area contributed by atoms with E-state index in [0.717, 1.165) is 9.13 Å². The maximum absolute atomic E-state index is 12.1. The number of hydrogen-bond acceptors (Lipinski definition) is 2. The Morgan fingerprint density at radius 2 is 1.67 bits per heavy atom. The zero-order valence-electron chi connectivity index (χ0n) is 11.7. The van der Waals surface area contributed by atoms with Crippen LogP contribution >= 0.6 is 22.6 Å². The third kappa shape index (κ3) is 4.29. The Kier molecular flexibility index (Phi) is 4.95. The number of hydrogen-bond donors (Lipinski definition) is 2. The van der Waals surface area contributed by atoms with Crippen LogP contribution in [0.3, 0.4) is 0 Å². The summed E-state index contributed by atoms with van der Waals surface area (Å²) in [7, 11) is 0. The van der Waals surface area contributed by atoms with Gasteiger partial charge in [-0.1, -0.05) is 6.07 Å². The smallest absolute Gasteiger partial charge is 0.255 e. The van der Waals surface area contributed by atoms with E-state index < -0.39 is 0 Å². The van der Waals surface area contributed by atoms with Crippen LogP contribution in [-0.4, -0.2) is 11.8 Å². The molecule has 4 nitrogen and oxygen atoms in total. The molecule has 0 fully saturated rings. The van der Waals surface area contributed by atoms with Crippen molar-refractivity contribution < 1.29 is 9.59 Å². The molecule has 108 valence electrons. The molecular weight excluding hydrogens is 379 g/mol. The average molecular weight is 394 g/mol. The van der Waals surface area contributed by atoms with Crippen LogP contribution in [0.2, 0.25) is 0 Å². The van der Waals surface area contributed by atoms with Gasteiger partial charge in [-0.05, 0) is 71.5 Å². The normalized spacial score (nSPS) is 10.0. The second-order valence-corrected chi connectivity index (χ2v) is 5.92. The fourth-order valence-electron chi connectivity index (χ4n) is 1.83. The van der Waals surface area contributed by atoms with Crippen LogP contribution in [0.5, 0.6) is 0 Å². The van der Waals surface area contributed by atoms with Gasteiger partial charge in [0.2, 0.25) is 5.91 Å². The molecule has 21 heavy (non-hydrogen) atoms. The maximum Gasteiger partial charge on any atom is 0.255 e. The molecule has 0 bridgehead atoms. The number of carbonyl (C=O) groups is 2. The maximum atomic E-state index is 12.1. The lowest BCUT2D eigenvalue weighted by atomic mass is 10.1. The molecule has 2 N–H and O–H groups in total. The predicted octanol–water partition coefficient (Wildman–Crippen LogP) is 3.81. The minimum absolute atomic E-state index is 0.140. The molecule has 2 rings (SSSR count). The second kappa shape index (κ2) is 6.71. The summed E-state index contributed by atoms with van der Waals surface area (Å²) >= 11 is 2.19. The highest BCUT2D eigenvalue weighted by molar-refractivity contribution is 14.1. The van der Waals surface area contributed by atoms with E-state index in [1.54, 1.807) is 18.2 Å². The first-order valence-electron chi connectivity index (χ1n) is 6.41. The largest absolute Gasteiger partial charge is 0.326 e. The van der Waals surface area contributed by atoms with Crippen molar-refractivity contribution in [1.82, 2.24) is 0 Å². The SMILES string of the molecule is CC(=O)Nc1cc(NC(=O)c2ccc(I)cc2)ccc1C. The molecular formula is C16H15IN2O2. The Balaban J connectivity index is 2.17. The van der Waals surface area contributed by atoms with E-state index in [9.17, 15) is 9.59 Å². The van der Waals surface area contributed by atoms with E-state index in [2.05, 4.69) is 33.2 Å². The number of benzene rings is 2. The molecule has 0 unspecified atom stereocenters. The molecule has 0 aromatic heterocycles. The number of carbonyl (C=O) groups excluding carboxylic acids is 2. The van der Waals surface area contributed by atoms with Crippen LogP contribution in [0.4, 0.5) is 11.4 Å². The predicted molar refractivity (Wildman–Crippen MR) is 92.6 cm³/mol. The number of anilines is 2. The van der Waals surface area contributed by atoms with Gasteiger partial charge in [0.1, 0.15) is 0 Å². The highest BCUT2D eigenvalue weighted by atomic mass is 127. The molecule has 0 aliphatic carbocycles. The fourth-order valence-corrected chi connectivity index (χ4v) is 2.19. The molecule has 0 aliphatic heterocycles. The third-order valence-corrected chi connectivity index (χ3v) is 3.63. The van der Waals surface area contributed by atoms with Gasteiger partial charge >= 0.3 is 0 Å². The van der Waals surface area contributed by atoms with Crippen LogP contribution in [0, 0.1) is 10.5 Å². The molecule has 2 amide bonds. The molecule has 0 saturated carbocycles. The lowest BCUT2D eigenvalue weighted by Gasteiger charge is -2.10. The lowest BCUT2D eigenvalue weighted by molar-refractivity contribution is -0.114. The fraction of sp³-hybridized carbons (Fsp3) is 0.125. The van der Waals surface area contributed by atoms with Gasteiger partial charge in [-0.2, -0.15) is 0 Å². The first kappa shape index (κ1) is 15.5. The summed E-state index contributed by atoms with van der Waals surface area (Å²) < 4.78 is 1.08. The molecule has 0 saturated heterocycles. The molecule has 5 heteroatoms. The van der Waals surface area contributed by atoms with Crippen molar-refractivity contribution in [2.45, 2.75) is 13.8 Å². The third-order valence-electron chi connectivity index (χ3n) is 2.91. The van der Waals surface area contributed by atoms with Crippen molar-refractivity contribution >= 4 is 45.8 Å². The summed E-state index contributed by atoms with van der Waals surface area (Å²) in [5.41, 5.74) is 2.88. The summed E-state index contributed by atoms with van der Waals surface area (Å²) in [4.78, 5) is 23.3. The van der Waals surface area contributed by atoms with E-state index in [0.29, 0.717) is 16.9 Å². The summed E-state index contributed by atoms with van der Waals surface area (Å²) in [5, 5.41) is 5.57. The van der Waals surface area contributed by atoms with Crippen LogP contribution < -0.4 is 10.6 Å². The first-order chi connectivity index (χ1) is 9.95. The number of aryl methyl sites for hydroxylation is 1. The quantitative estimate of drug-likeness (QED) is 0.778. The van der Waals surface area contributed by atoms with Crippen LogP contribution in [0.25, 0.3) is 0 Å². The Morgan fingerprint density at radius 1 is 1.00 bits per heavy atom. The Bertz CT molecular complexity index is 681. The van der Waals surface area contributed by atoms with Gasteiger partial charge in [-0.3, -0.25) is 9.59 Å². The van der Waals surface area contributed by atoms with Gasteiger partial charge in [0.15, 0.2) is 0 Å². The van der Waals surface area contributed by atoms with Crippen molar-refractivity contribution in [2.24, 2.45) is 0 Å². The van der Waals surface area contributed by atoms with E-state index in [1.807, 2.05) is 31.2 Å². The molecule has 0 spiro atoms. The summed E-state index contributed by atoms with van der Waals surface area (Å²) in [6.45, 7) is 3.35. The Hall–Kier alpha value is -1.89. The average Bonchev–Trinajstić information content (AvgIpc) is 2.42. The van der Waals surface area contributed by atoms with Crippen molar-refractivity contribution in [3.63, 3.8) is 0 Å². The second-order valence-electron chi connectivity index (χ2n) is 4.67. The molecule has 0 aliphatic rings. The monoisotopic (exact) mass is 394 g/mol. The van der Waals surface area contributed by atoms with Gasteiger partial charge in [0, 0.05) is 27.4 Å². The van der Waals surface area contributed by atoms with E-state index in [4.69, 9.17) is 0 Å². The molecule has 0 heterocycles. The van der Waals surface area contributed by atoms with Gasteiger partial charge in [0.25, 0.3) is 5.91 Å². The number of amides is 2. The van der Waals surface area contributed by atoms with Crippen LogP contribution in [-0.2, 0) is 4.79 Å². The molecule has 0 atom stereocenters. The lowest BCUT2D eigenvalue weighted by Crippen LogP contribution is -2.13. The standard InChI is InChI=1S/C16H15IN2O2/c1-10-3-8-14(9-15(10)18-11(2)20)19-16(21)12-4-6-13(17)7-5-12/h3-9H,1-2H3,(H,18,20)(H,19,21). The zero-order valence-corrected chi connectivity index (χ0v) is 13.9. The van der Waals surface area contributed by atoms with Gasteiger partial charge in [-0.15, -0.1) is 0 Å². The summed E-state index contributed by atoms with van der Waals surface area (Å²) in [6.07, 6.45) is 0. The van der Waals surface area contributed by atoms with Gasteiger partial charge in [0.05, 0.1) is 0 Å². The van der Waals surface area contributed by atoms with Gasteiger partial charge in [-0.25, -0.2) is 0 Å². The molecule has 0 radical (unpaired) electrons. The topological polar surface area (TPSA) is 58.2 Å². The van der Waals surface area contributed by atoms with Crippen LogP contribution in [0.15, 0.2) is 42.5 Å². The number of rotatable bonds is 3. The molecule has 2 aromatic rings. The number of nitrogens with one attached hydrogen (secondary N) is 2. The highest BCUT2D eigenvalue weighted by Gasteiger charge is 2.08. The summed E-state index contributed by atoms with van der Waals surface area (Å²) in [5.74, 6) is -0.316. The summed E-state index contributed by atoms with van der Waals surface area (Å²) in [6, 6.07) is 12.7. The van der Waals surface area contributed by atoms with Crippen LogP contribution in [0.1, 0.15) is 22.8 Å². The zero-order chi connectivity index (χ0) is 15.4. The Morgan fingerprint density at radius 3 is 2.29 bits per heavy atom. The highest BCUT2D eigenvalue weighted by Crippen LogP contribution is 2.21. The number of halogens is 1. The van der Waals surface area contributed by atoms with Gasteiger partial charge < -0.3 is 10.6 Å². The van der Waals surface area contributed by atoms with E-state index in [1.165, 1.54) is 6.92 Å². The van der Waals surface area contributed by atoms with Crippen molar-refractivity contribution in [1.29, 1.82) is 0 Å². The van der Waals surface area contributed by atoms with E-state index >= 15 is 0 Å². The van der Waals surface area contributed by atoms with E-state index in [-0.39, 0.29) is 11.8 Å². The molecule has 2 aromatic carbocycles. The minimum atomic E-state index is -0.177. The minimum Gasteiger partial charge on any atom is -0.326 e. The van der Waals surface area contributed by atoms with Crippen molar-refractivity contribution in [3.05, 3.63) is 57.2 Å². The van der Waals surface area contributed by atoms with Crippen molar-refractivity contribution in [2.75, 3.05) is 10.6 Å². The Labute approximate surface area is 137 Å². The van der Waals surface area contributed by atoms with Crippen molar-refractivity contribution in [3.8, 4) is 0 Å².